The molecule has 0 saturated carbocycles. The molecule has 2 rings (SSSR count). The Hall–Kier alpha value is -2.33. The molecule has 0 aliphatic carbocycles. The number of carbonyl (C=O) groups is 2. The molecule has 138 valence electrons. The van der Waals surface area contributed by atoms with Crippen molar-refractivity contribution in [2.45, 2.75) is 39.8 Å². The van der Waals surface area contributed by atoms with Crippen molar-refractivity contribution in [3.05, 3.63) is 69.7 Å². The van der Waals surface area contributed by atoms with Gasteiger partial charge in [-0.1, -0.05) is 59.1 Å². The number of carbonyl (C=O) groups excluding carboxylic acids is 2. The summed E-state index contributed by atoms with van der Waals surface area (Å²) in [4.78, 5) is 26.8. The zero-order chi connectivity index (χ0) is 19.3. The van der Waals surface area contributed by atoms with E-state index in [1.54, 1.807) is 24.9 Å². The lowest BCUT2D eigenvalue weighted by atomic mass is 10.0. The highest BCUT2D eigenvalue weighted by Gasteiger charge is 2.26. The lowest BCUT2D eigenvalue weighted by molar-refractivity contribution is -0.139. The Kier molecular flexibility index (Phi) is 6.81. The van der Waals surface area contributed by atoms with E-state index in [0.717, 1.165) is 22.3 Å². The predicted molar refractivity (Wildman–Crippen MR) is 105 cm³/mol. The fourth-order valence-electron chi connectivity index (χ4n) is 3.05. The minimum absolute atomic E-state index is 0.106. The van der Waals surface area contributed by atoms with E-state index in [4.69, 9.17) is 11.6 Å². The minimum atomic E-state index is -0.588. The van der Waals surface area contributed by atoms with Crippen LogP contribution in [0, 0.1) is 13.8 Å². The van der Waals surface area contributed by atoms with Gasteiger partial charge < -0.3 is 10.2 Å². The topological polar surface area (TPSA) is 49.4 Å². The molecule has 0 bridgehead atoms. The van der Waals surface area contributed by atoms with E-state index in [-0.39, 0.29) is 24.8 Å². The third-order valence-corrected chi connectivity index (χ3v) is 4.72. The van der Waals surface area contributed by atoms with Gasteiger partial charge in [0.15, 0.2) is 0 Å². The number of hydrogen-bond acceptors (Lipinski definition) is 2. The summed E-state index contributed by atoms with van der Waals surface area (Å²) in [7, 11) is 1.57. The molecule has 1 N–H and O–H groups in total. The first-order chi connectivity index (χ1) is 12.3. The number of aryl methyl sites for hydroxylation is 2. The maximum Gasteiger partial charge on any atom is 0.242 e. The number of benzene rings is 2. The van der Waals surface area contributed by atoms with E-state index < -0.39 is 6.04 Å². The van der Waals surface area contributed by atoms with Gasteiger partial charge in [-0.15, -0.1) is 0 Å². The van der Waals surface area contributed by atoms with Crippen molar-refractivity contribution in [1.29, 1.82) is 0 Å². The second kappa shape index (κ2) is 8.86. The monoisotopic (exact) mass is 372 g/mol. The van der Waals surface area contributed by atoms with Crippen molar-refractivity contribution in [3.63, 3.8) is 0 Å². The molecule has 0 fully saturated rings. The summed E-state index contributed by atoms with van der Waals surface area (Å²) in [6, 6.07) is 12.9. The first-order valence-corrected chi connectivity index (χ1v) is 9.01. The van der Waals surface area contributed by atoms with Crippen LogP contribution in [0.25, 0.3) is 0 Å². The highest BCUT2D eigenvalue weighted by atomic mass is 35.5. The molecular weight excluding hydrogens is 348 g/mol. The molecule has 4 nitrogen and oxygen atoms in total. The molecule has 26 heavy (non-hydrogen) atoms. The third-order valence-electron chi connectivity index (χ3n) is 4.35. The molecule has 2 aromatic rings. The van der Waals surface area contributed by atoms with Crippen LogP contribution in [0.4, 0.5) is 0 Å². The lowest BCUT2D eigenvalue weighted by Gasteiger charge is -2.29. The minimum Gasteiger partial charge on any atom is -0.357 e. The van der Waals surface area contributed by atoms with E-state index in [2.05, 4.69) is 11.4 Å². The highest BCUT2D eigenvalue weighted by molar-refractivity contribution is 6.31. The fourth-order valence-corrected chi connectivity index (χ4v) is 3.24. The molecule has 0 radical (unpaired) electrons. The van der Waals surface area contributed by atoms with Gasteiger partial charge in [0.1, 0.15) is 6.04 Å². The smallest absolute Gasteiger partial charge is 0.242 e. The summed E-state index contributed by atoms with van der Waals surface area (Å²) in [5.74, 6) is -0.308. The fraction of sp³-hybridized carbons (Fsp3) is 0.333. The second-order valence-electron chi connectivity index (χ2n) is 6.58. The molecule has 0 aliphatic rings. The van der Waals surface area contributed by atoms with Crippen molar-refractivity contribution >= 4 is 23.4 Å². The number of rotatable bonds is 6. The van der Waals surface area contributed by atoms with E-state index in [9.17, 15) is 9.59 Å². The Balaban J connectivity index is 2.28. The van der Waals surface area contributed by atoms with Gasteiger partial charge in [0, 0.05) is 18.6 Å². The molecule has 5 heteroatoms. The molecular formula is C21H25ClN2O2. The summed E-state index contributed by atoms with van der Waals surface area (Å²) in [5, 5.41) is 3.20. The molecule has 2 aromatic carbocycles. The van der Waals surface area contributed by atoms with Crippen LogP contribution in [-0.4, -0.2) is 29.8 Å². The van der Waals surface area contributed by atoms with Gasteiger partial charge in [-0.25, -0.2) is 0 Å². The average Bonchev–Trinajstić information content (AvgIpc) is 2.58. The molecule has 0 aliphatic heterocycles. The summed E-state index contributed by atoms with van der Waals surface area (Å²) in [6.07, 6.45) is 0.244. The van der Waals surface area contributed by atoms with Crippen LogP contribution in [0.2, 0.25) is 5.02 Å². The summed E-state index contributed by atoms with van der Waals surface area (Å²) in [6.45, 7) is 6.04. The Labute approximate surface area is 160 Å². The summed E-state index contributed by atoms with van der Waals surface area (Å²) in [5.41, 5.74) is 3.99. The Morgan fingerprint density at radius 1 is 1.12 bits per heavy atom. The number of halogens is 1. The van der Waals surface area contributed by atoms with Crippen LogP contribution in [-0.2, 0) is 22.6 Å². The predicted octanol–water partition coefficient (Wildman–Crippen LogP) is 3.66. The maximum atomic E-state index is 13.0. The third kappa shape index (κ3) is 5.09. The SMILES string of the molecule is CNC(=O)C(C)N(Cc1ccccc1Cl)C(=O)Cc1cc(C)cc(C)c1. The van der Waals surface area contributed by atoms with Gasteiger partial charge in [0.2, 0.25) is 11.8 Å². The standard InChI is InChI=1S/C21H25ClN2O2/c1-14-9-15(2)11-17(10-14)12-20(25)24(16(3)21(26)23-4)13-18-7-5-6-8-19(18)22/h5-11,16H,12-13H2,1-4H3,(H,23,26). The van der Waals surface area contributed by atoms with Crippen molar-refractivity contribution in [3.8, 4) is 0 Å². The number of amides is 2. The number of hydrogen-bond donors (Lipinski definition) is 1. The molecule has 0 spiro atoms. The van der Waals surface area contributed by atoms with Gasteiger partial charge in [0.05, 0.1) is 6.42 Å². The van der Waals surface area contributed by atoms with E-state index in [0.29, 0.717) is 5.02 Å². The lowest BCUT2D eigenvalue weighted by Crippen LogP contribution is -2.47. The number of nitrogens with zero attached hydrogens (tertiary/aromatic N) is 1. The zero-order valence-electron chi connectivity index (χ0n) is 15.7. The first-order valence-electron chi connectivity index (χ1n) is 8.63. The van der Waals surface area contributed by atoms with Gasteiger partial charge >= 0.3 is 0 Å². The number of nitrogens with one attached hydrogen (secondary N) is 1. The second-order valence-corrected chi connectivity index (χ2v) is 6.98. The van der Waals surface area contributed by atoms with Gasteiger partial charge in [-0.05, 0) is 38.0 Å². The van der Waals surface area contributed by atoms with E-state index in [1.807, 2.05) is 44.2 Å². The quantitative estimate of drug-likeness (QED) is 0.841. The van der Waals surface area contributed by atoms with Gasteiger partial charge in [0.25, 0.3) is 0 Å². The van der Waals surface area contributed by atoms with Crippen LogP contribution in [0.3, 0.4) is 0 Å². The summed E-state index contributed by atoms with van der Waals surface area (Å²) < 4.78 is 0. The van der Waals surface area contributed by atoms with E-state index in [1.165, 1.54) is 0 Å². The van der Waals surface area contributed by atoms with Gasteiger partial charge in [-0.2, -0.15) is 0 Å². The highest BCUT2D eigenvalue weighted by Crippen LogP contribution is 2.20. The van der Waals surface area contributed by atoms with Crippen LogP contribution in [0.1, 0.15) is 29.2 Å². The largest absolute Gasteiger partial charge is 0.357 e. The van der Waals surface area contributed by atoms with Crippen molar-refractivity contribution in [2.75, 3.05) is 7.05 Å². The van der Waals surface area contributed by atoms with Crippen molar-refractivity contribution < 1.29 is 9.59 Å². The van der Waals surface area contributed by atoms with Crippen molar-refractivity contribution in [1.82, 2.24) is 10.2 Å². The average molecular weight is 373 g/mol. The Morgan fingerprint density at radius 3 is 2.31 bits per heavy atom. The Morgan fingerprint density at radius 2 is 1.73 bits per heavy atom. The normalized spacial score (nSPS) is 11.7. The molecule has 0 aromatic heterocycles. The zero-order valence-corrected chi connectivity index (χ0v) is 16.4. The van der Waals surface area contributed by atoms with Crippen molar-refractivity contribution in [2.24, 2.45) is 0 Å². The van der Waals surface area contributed by atoms with Crippen LogP contribution < -0.4 is 5.32 Å². The van der Waals surface area contributed by atoms with Crippen LogP contribution in [0.5, 0.6) is 0 Å². The Bertz CT molecular complexity index is 784. The van der Waals surface area contributed by atoms with E-state index >= 15 is 0 Å². The first kappa shape index (κ1) is 20.0. The molecule has 0 saturated heterocycles. The van der Waals surface area contributed by atoms with Gasteiger partial charge in [-0.3, -0.25) is 9.59 Å². The van der Waals surface area contributed by atoms with Crippen LogP contribution in [0.15, 0.2) is 42.5 Å². The maximum absolute atomic E-state index is 13.0. The molecule has 1 unspecified atom stereocenters. The molecule has 0 heterocycles. The molecule has 1 atom stereocenters. The number of likely N-dealkylation sites (N-methyl/N-ethyl adjacent to an activating group) is 1. The van der Waals surface area contributed by atoms with Crippen LogP contribution >= 0.6 is 11.6 Å². The summed E-state index contributed by atoms with van der Waals surface area (Å²) >= 11 is 6.25. The molecule has 2 amide bonds.